The molecule has 2 saturated heterocycles. The minimum absolute atomic E-state index is 0.125. The molecule has 1 spiro atoms. The Bertz CT molecular complexity index is 610. The predicted molar refractivity (Wildman–Crippen MR) is 88.1 cm³/mol. The summed E-state index contributed by atoms with van der Waals surface area (Å²) in [6, 6.07) is 6.80. The van der Waals surface area contributed by atoms with Crippen LogP contribution in [0.15, 0.2) is 33.6 Å². The predicted octanol–water partition coefficient (Wildman–Crippen LogP) is 3.16. The van der Waals surface area contributed by atoms with Crippen LogP contribution in [-0.2, 0) is 14.8 Å². The van der Waals surface area contributed by atoms with Gasteiger partial charge in [0, 0.05) is 22.4 Å². The van der Waals surface area contributed by atoms with Gasteiger partial charge in [0.05, 0.1) is 17.1 Å². The normalized spacial score (nSPS) is 26.3. The van der Waals surface area contributed by atoms with Crippen LogP contribution in [0.5, 0.6) is 0 Å². The Kier molecular flexibility index (Phi) is 4.49. The maximum Gasteiger partial charge on any atom is 0.243 e. The number of benzene rings is 1. The molecule has 4 nitrogen and oxygen atoms in total. The lowest BCUT2D eigenvalue weighted by Gasteiger charge is -2.37. The zero-order valence-corrected chi connectivity index (χ0v) is 15.5. The van der Waals surface area contributed by atoms with Gasteiger partial charge in [-0.15, -0.1) is 0 Å². The molecule has 21 heavy (non-hydrogen) atoms. The molecular weight excluding hydrogens is 422 g/mol. The number of rotatable bonds is 2. The molecule has 2 aliphatic rings. The van der Waals surface area contributed by atoms with E-state index in [9.17, 15) is 8.42 Å². The van der Waals surface area contributed by atoms with Crippen LogP contribution in [-0.4, -0.2) is 42.8 Å². The average Bonchev–Trinajstić information content (AvgIpc) is 2.81. The summed E-state index contributed by atoms with van der Waals surface area (Å²) in [5.74, 6) is 0. The fourth-order valence-corrected chi connectivity index (χ4v) is 5.45. The smallest absolute Gasteiger partial charge is 0.243 e. The van der Waals surface area contributed by atoms with Gasteiger partial charge in [0.25, 0.3) is 0 Å². The molecule has 0 N–H and O–H groups in total. The molecule has 0 aliphatic carbocycles. The number of alkyl halides is 1. The van der Waals surface area contributed by atoms with Crippen LogP contribution in [0.3, 0.4) is 0 Å². The van der Waals surface area contributed by atoms with Gasteiger partial charge < -0.3 is 4.74 Å². The standard InChI is InChI=1S/C14H17Br2NO3S/c15-11-1-3-13(4-2-11)21(18,19)17-7-5-14(6-8-17)9-12(16)10-20-14/h1-4,12H,5-10H2/t12-/m1/s1. The highest BCUT2D eigenvalue weighted by atomic mass is 79.9. The van der Waals surface area contributed by atoms with Crippen LogP contribution in [0.25, 0.3) is 0 Å². The van der Waals surface area contributed by atoms with E-state index in [2.05, 4.69) is 31.9 Å². The maximum atomic E-state index is 12.6. The van der Waals surface area contributed by atoms with E-state index >= 15 is 0 Å². The van der Waals surface area contributed by atoms with E-state index in [0.29, 0.717) is 22.8 Å². The molecule has 0 saturated carbocycles. The van der Waals surface area contributed by atoms with Crippen molar-refractivity contribution in [2.45, 2.75) is 34.6 Å². The minimum atomic E-state index is -3.39. The lowest BCUT2D eigenvalue weighted by molar-refractivity contribution is -0.0308. The first kappa shape index (κ1) is 15.9. The summed E-state index contributed by atoms with van der Waals surface area (Å²) in [5.41, 5.74) is -0.125. The van der Waals surface area contributed by atoms with E-state index in [1.165, 1.54) is 0 Å². The third kappa shape index (κ3) is 3.22. The number of ether oxygens (including phenoxy) is 1. The Morgan fingerprint density at radius 1 is 1.19 bits per heavy atom. The first-order valence-electron chi connectivity index (χ1n) is 6.95. The molecule has 0 radical (unpaired) electrons. The highest BCUT2D eigenvalue weighted by Crippen LogP contribution is 2.39. The molecule has 116 valence electrons. The molecule has 0 bridgehead atoms. The molecule has 1 aromatic rings. The molecule has 0 aromatic heterocycles. The van der Waals surface area contributed by atoms with Gasteiger partial charge in [0.1, 0.15) is 0 Å². The molecule has 2 fully saturated rings. The Morgan fingerprint density at radius 2 is 1.81 bits per heavy atom. The highest BCUT2D eigenvalue weighted by molar-refractivity contribution is 9.10. The second-order valence-electron chi connectivity index (χ2n) is 5.65. The summed E-state index contributed by atoms with van der Waals surface area (Å²) in [6.07, 6.45) is 2.51. The Hall–Kier alpha value is 0.0500. The molecule has 0 amide bonds. The van der Waals surface area contributed by atoms with Crippen molar-refractivity contribution in [1.82, 2.24) is 4.31 Å². The molecule has 7 heteroatoms. The lowest BCUT2D eigenvalue weighted by Crippen LogP contribution is -2.46. The molecule has 2 aliphatic heterocycles. The number of nitrogens with zero attached hydrogens (tertiary/aromatic N) is 1. The molecule has 1 aromatic carbocycles. The molecule has 2 heterocycles. The largest absolute Gasteiger partial charge is 0.374 e. The first-order valence-corrected chi connectivity index (χ1v) is 10.1. The first-order chi connectivity index (χ1) is 9.91. The van der Waals surface area contributed by atoms with E-state index in [-0.39, 0.29) is 5.60 Å². The van der Waals surface area contributed by atoms with E-state index in [1.807, 2.05) is 0 Å². The van der Waals surface area contributed by atoms with Gasteiger partial charge in [0.15, 0.2) is 0 Å². The fourth-order valence-electron chi connectivity index (χ4n) is 3.03. The van der Waals surface area contributed by atoms with Crippen LogP contribution in [0.1, 0.15) is 19.3 Å². The summed E-state index contributed by atoms with van der Waals surface area (Å²) in [4.78, 5) is 0.750. The van der Waals surface area contributed by atoms with Crippen LogP contribution < -0.4 is 0 Å². The minimum Gasteiger partial charge on any atom is -0.374 e. The van der Waals surface area contributed by atoms with Crippen molar-refractivity contribution in [3.63, 3.8) is 0 Å². The Morgan fingerprint density at radius 3 is 2.33 bits per heavy atom. The van der Waals surface area contributed by atoms with Gasteiger partial charge in [-0.3, -0.25) is 0 Å². The van der Waals surface area contributed by atoms with Crippen LogP contribution >= 0.6 is 31.9 Å². The van der Waals surface area contributed by atoms with E-state index in [1.54, 1.807) is 28.6 Å². The third-order valence-electron chi connectivity index (χ3n) is 4.25. The second kappa shape index (κ2) is 5.92. The zero-order valence-electron chi connectivity index (χ0n) is 11.5. The molecule has 1 atom stereocenters. The van der Waals surface area contributed by atoms with Gasteiger partial charge in [-0.25, -0.2) is 8.42 Å². The van der Waals surface area contributed by atoms with Gasteiger partial charge in [-0.05, 0) is 43.5 Å². The summed E-state index contributed by atoms with van der Waals surface area (Å²) < 4.78 is 33.6. The van der Waals surface area contributed by atoms with Crippen LogP contribution in [0, 0.1) is 0 Å². The molecule has 0 unspecified atom stereocenters. The highest BCUT2D eigenvalue weighted by Gasteiger charge is 2.44. The summed E-state index contributed by atoms with van der Waals surface area (Å²) in [7, 11) is -3.39. The Labute approximate surface area is 142 Å². The number of piperidine rings is 1. The van der Waals surface area contributed by atoms with Crippen LogP contribution in [0.4, 0.5) is 0 Å². The van der Waals surface area contributed by atoms with Gasteiger partial charge in [-0.1, -0.05) is 31.9 Å². The van der Waals surface area contributed by atoms with Crippen LogP contribution in [0.2, 0.25) is 0 Å². The zero-order chi connectivity index (χ0) is 15.1. The van der Waals surface area contributed by atoms with Crippen molar-refractivity contribution in [3.8, 4) is 0 Å². The van der Waals surface area contributed by atoms with E-state index in [0.717, 1.165) is 30.3 Å². The lowest BCUT2D eigenvalue weighted by atomic mass is 9.90. The summed E-state index contributed by atoms with van der Waals surface area (Å²) >= 11 is 6.91. The second-order valence-corrected chi connectivity index (χ2v) is 9.80. The van der Waals surface area contributed by atoms with Crippen molar-refractivity contribution in [2.24, 2.45) is 0 Å². The molecule has 3 rings (SSSR count). The number of sulfonamides is 1. The van der Waals surface area contributed by atoms with Crippen molar-refractivity contribution < 1.29 is 13.2 Å². The molecular formula is C14H17Br2NO3S. The summed E-state index contributed by atoms with van der Waals surface area (Å²) in [5, 5.41) is 0. The topological polar surface area (TPSA) is 46.6 Å². The van der Waals surface area contributed by atoms with Crippen molar-refractivity contribution in [2.75, 3.05) is 19.7 Å². The van der Waals surface area contributed by atoms with Crippen molar-refractivity contribution in [3.05, 3.63) is 28.7 Å². The Balaban J connectivity index is 1.73. The quantitative estimate of drug-likeness (QED) is 0.666. The van der Waals surface area contributed by atoms with Crippen molar-refractivity contribution in [1.29, 1.82) is 0 Å². The number of halogens is 2. The number of hydrogen-bond donors (Lipinski definition) is 0. The van der Waals surface area contributed by atoms with Gasteiger partial charge in [-0.2, -0.15) is 4.31 Å². The average molecular weight is 439 g/mol. The third-order valence-corrected chi connectivity index (χ3v) is 7.28. The summed E-state index contributed by atoms with van der Waals surface area (Å²) in [6.45, 7) is 1.77. The van der Waals surface area contributed by atoms with E-state index in [4.69, 9.17) is 4.74 Å². The number of hydrogen-bond acceptors (Lipinski definition) is 3. The SMILES string of the molecule is O=S(=O)(c1ccc(Br)cc1)N1CCC2(CC1)C[C@@H](Br)CO2. The maximum absolute atomic E-state index is 12.6. The van der Waals surface area contributed by atoms with E-state index < -0.39 is 10.0 Å². The van der Waals surface area contributed by atoms with Crippen molar-refractivity contribution >= 4 is 41.9 Å². The fraction of sp³-hybridized carbons (Fsp3) is 0.571. The van der Waals surface area contributed by atoms with Gasteiger partial charge in [0.2, 0.25) is 10.0 Å². The monoisotopic (exact) mass is 437 g/mol. The van der Waals surface area contributed by atoms with Gasteiger partial charge >= 0.3 is 0 Å².